The Morgan fingerprint density at radius 2 is 2.32 bits per heavy atom. The first-order valence-electron chi connectivity index (χ1n) is 8.98. The van der Waals surface area contributed by atoms with E-state index < -0.39 is 14.7 Å². The van der Waals surface area contributed by atoms with Crippen LogP contribution in [0, 0.1) is 5.92 Å². The van der Waals surface area contributed by atoms with E-state index in [-0.39, 0.29) is 5.91 Å². The number of aromatic nitrogens is 3. The van der Waals surface area contributed by atoms with Crippen LogP contribution in [0.3, 0.4) is 0 Å². The molecule has 1 saturated heterocycles. The van der Waals surface area contributed by atoms with E-state index in [0.717, 1.165) is 30.5 Å². The molecule has 1 amide bonds. The average Bonchev–Trinajstić information content (AvgIpc) is 3.10. The van der Waals surface area contributed by atoms with Crippen molar-refractivity contribution in [1.82, 2.24) is 19.9 Å². The van der Waals surface area contributed by atoms with Crippen LogP contribution in [0.2, 0.25) is 10.4 Å². The number of ether oxygens (including phenoxy) is 1. The number of amides is 1. The van der Waals surface area contributed by atoms with E-state index in [1.165, 1.54) is 4.48 Å². The third kappa shape index (κ3) is 4.06. The number of nitrogens with one attached hydrogen (secondary N) is 1. The summed E-state index contributed by atoms with van der Waals surface area (Å²) in [5.74, 6) is 0.854. The monoisotopic (exact) mass is 406 g/mol. The normalized spacial score (nSPS) is 22.3. The molecule has 1 fully saturated rings. The maximum absolute atomic E-state index is 12.5. The SMILES string of the molecule is CCOCCC(=O)N1CCC(C)C([As](C)c2ncnc3[nH]ccc23)C1. The number of hydrogen-bond donors (Lipinski definition) is 1. The van der Waals surface area contributed by atoms with Gasteiger partial charge < -0.3 is 0 Å². The second-order valence-corrected chi connectivity index (χ2v) is 11.5. The van der Waals surface area contributed by atoms with Crippen LogP contribution in [0.15, 0.2) is 18.6 Å². The number of carbonyl (C=O) groups is 1. The molecule has 25 heavy (non-hydrogen) atoms. The number of nitrogens with zero attached hydrogens (tertiary/aromatic N) is 3. The Balaban J connectivity index is 1.73. The van der Waals surface area contributed by atoms with Gasteiger partial charge in [0.2, 0.25) is 0 Å². The molecule has 136 valence electrons. The third-order valence-corrected chi connectivity index (χ3v) is 10.7. The summed E-state index contributed by atoms with van der Waals surface area (Å²) in [6.45, 7) is 7.20. The summed E-state index contributed by atoms with van der Waals surface area (Å²) in [4.78, 5) is 26.7. The summed E-state index contributed by atoms with van der Waals surface area (Å²) in [6.07, 6.45) is 5.16. The first-order chi connectivity index (χ1) is 12.1. The Hall–Kier alpha value is -1.39. The molecule has 1 aliphatic rings. The molecule has 3 rings (SSSR count). The first kappa shape index (κ1) is 18.4. The van der Waals surface area contributed by atoms with Gasteiger partial charge in [0.1, 0.15) is 0 Å². The van der Waals surface area contributed by atoms with Gasteiger partial charge in [-0.1, -0.05) is 0 Å². The Labute approximate surface area is 153 Å². The Morgan fingerprint density at radius 3 is 3.12 bits per heavy atom. The molecule has 2 aromatic rings. The summed E-state index contributed by atoms with van der Waals surface area (Å²) >= 11 is -1.41. The molecule has 3 heterocycles. The first-order valence-corrected chi connectivity index (χ1v) is 12.9. The fourth-order valence-corrected chi connectivity index (χ4v) is 8.71. The molecule has 2 aromatic heterocycles. The quantitative estimate of drug-likeness (QED) is 0.588. The van der Waals surface area contributed by atoms with Gasteiger partial charge in [-0.15, -0.1) is 0 Å². The van der Waals surface area contributed by atoms with E-state index in [2.05, 4.69) is 33.7 Å². The van der Waals surface area contributed by atoms with E-state index in [0.29, 0.717) is 30.3 Å². The molecule has 0 radical (unpaired) electrons. The molecular formula is C18H27AsN4O2. The predicted molar refractivity (Wildman–Crippen MR) is 100 cm³/mol. The number of likely N-dealkylation sites (tertiary alicyclic amines) is 1. The number of rotatable bonds is 6. The van der Waals surface area contributed by atoms with E-state index in [4.69, 9.17) is 4.74 Å². The van der Waals surface area contributed by atoms with Crippen molar-refractivity contribution in [3.8, 4) is 0 Å². The van der Waals surface area contributed by atoms with Crippen molar-refractivity contribution in [1.29, 1.82) is 0 Å². The van der Waals surface area contributed by atoms with E-state index in [1.807, 2.05) is 18.0 Å². The number of fused-ring (bicyclic) bond motifs is 1. The van der Waals surface area contributed by atoms with Gasteiger partial charge in [-0.05, 0) is 0 Å². The van der Waals surface area contributed by atoms with Gasteiger partial charge >= 0.3 is 153 Å². The zero-order valence-corrected chi connectivity index (χ0v) is 17.1. The van der Waals surface area contributed by atoms with Crippen molar-refractivity contribution in [2.45, 2.75) is 37.1 Å². The zero-order valence-electron chi connectivity index (χ0n) is 15.2. The number of aromatic amines is 1. The van der Waals surface area contributed by atoms with Gasteiger partial charge in [-0.25, -0.2) is 0 Å². The van der Waals surface area contributed by atoms with Crippen LogP contribution in [0.1, 0.15) is 26.7 Å². The number of hydrogen-bond acceptors (Lipinski definition) is 4. The van der Waals surface area contributed by atoms with E-state index >= 15 is 0 Å². The van der Waals surface area contributed by atoms with Gasteiger partial charge in [-0.3, -0.25) is 0 Å². The number of carbonyl (C=O) groups excluding carboxylic acids is 1. The molecule has 1 aliphatic heterocycles. The minimum atomic E-state index is -1.41. The predicted octanol–water partition coefficient (Wildman–Crippen LogP) is 1.95. The van der Waals surface area contributed by atoms with Crippen molar-refractivity contribution in [3.63, 3.8) is 0 Å². The Morgan fingerprint density at radius 1 is 1.48 bits per heavy atom. The fourth-order valence-electron chi connectivity index (χ4n) is 3.54. The van der Waals surface area contributed by atoms with Gasteiger partial charge in [0, 0.05) is 0 Å². The standard InChI is InChI=1S/C18H27AsN4O2/c1-4-25-10-7-16(24)23-9-6-13(2)15(11-23)19(3)17-14-5-8-20-18(14)22-12-21-17/h5,8,12-13,15H,4,6-7,9-11H2,1-3H3,(H,20,21,22). The molecule has 3 atom stereocenters. The number of piperidine rings is 1. The maximum atomic E-state index is 12.5. The number of H-pyrrole nitrogens is 1. The van der Waals surface area contributed by atoms with Crippen LogP contribution in [-0.2, 0) is 9.53 Å². The summed E-state index contributed by atoms with van der Waals surface area (Å²) in [5.41, 5.74) is 3.29. The molecular weight excluding hydrogens is 379 g/mol. The van der Waals surface area contributed by atoms with Crippen molar-refractivity contribution in [3.05, 3.63) is 18.6 Å². The van der Waals surface area contributed by atoms with Crippen molar-refractivity contribution in [2.24, 2.45) is 5.92 Å². The minimum absolute atomic E-state index is 0.224. The van der Waals surface area contributed by atoms with Crippen LogP contribution >= 0.6 is 0 Å². The van der Waals surface area contributed by atoms with Gasteiger partial charge in [-0.2, -0.15) is 0 Å². The van der Waals surface area contributed by atoms with Crippen LogP contribution in [0.4, 0.5) is 0 Å². The van der Waals surface area contributed by atoms with Crippen LogP contribution in [-0.4, -0.2) is 66.7 Å². The van der Waals surface area contributed by atoms with Crippen molar-refractivity contribution >= 4 is 36.1 Å². The van der Waals surface area contributed by atoms with Crippen molar-refractivity contribution < 1.29 is 9.53 Å². The molecule has 0 aromatic carbocycles. The summed E-state index contributed by atoms with van der Waals surface area (Å²) in [6, 6.07) is 2.08. The molecule has 3 unspecified atom stereocenters. The molecule has 6 nitrogen and oxygen atoms in total. The molecule has 0 aliphatic carbocycles. The molecule has 0 spiro atoms. The van der Waals surface area contributed by atoms with E-state index in [1.54, 1.807) is 6.33 Å². The average molecular weight is 406 g/mol. The molecule has 1 N–H and O–H groups in total. The second kappa shape index (κ2) is 8.33. The third-order valence-electron chi connectivity index (χ3n) is 5.10. The van der Waals surface area contributed by atoms with Crippen LogP contribution < -0.4 is 4.48 Å². The van der Waals surface area contributed by atoms with Crippen molar-refractivity contribution in [2.75, 3.05) is 26.3 Å². The zero-order chi connectivity index (χ0) is 17.8. The Kier molecular flexibility index (Phi) is 6.13. The molecule has 0 bridgehead atoms. The van der Waals surface area contributed by atoms with Gasteiger partial charge in [0.15, 0.2) is 0 Å². The van der Waals surface area contributed by atoms with Crippen LogP contribution in [0.5, 0.6) is 0 Å². The Bertz CT molecular complexity index is 720. The second-order valence-electron chi connectivity index (χ2n) is 6.67. The van der Waals surface area contributed by atoms with Crippen LogP contribution in [0.25, 0.3) is 11.0 Å². The van der Waals surface area contributed by atoms with E-state index in [9.17, 15) is 4.79 Å². The fraction of sp³-hybridized carbons (Fsp3) is 0.611. The summed E-state index contributed by atoms with van der Waals surface area (Å²) < 4.78 is 7.11. The summed E-state index contributed by atoms with van der Waals surface area (Å²) in [5, 5.41) is 1.15. The van der Waals surface area contributed by atoms with Gasteiger partial charge in [0.05, 0.1) is 0 Å². The van der Waals surface area contributed by atoms with Gasteiger partial charge in [0.25, 0.3) is 0 Å². The topological polar surface area (TPSA) is 71.1 Å². The molecule has 7 heteroatoms. The molecule has 0 saturated carbocycles. The summed E-state index contributed by atoms with van der Waals surface area (Å²) in [7, 11) is 0.